The van der Waals surface area contributed by atoms with Crippen molar-refractivity contribution in [2.45, 2.75) is 17.9 Å². The van der Waals surface area contributed by atoms with E-state index >= 15 is 0 Å². The molecule has 168 valence electrons. The van der Waals surface area contributed by atoms with Gasteiger partial charge in [-0.15, -0.1) is 11.3 Å². The number of carbonyl (C=O) groups is 1. The third kappa shape index (κ3) is 5.80. The first kappa shape index (κ1) is 22.6. The van der Waals surface area contributed by atoms with Crippen molar-refractivity contribution in [3.63, 3.8) is 0 Å². The molecular weight excluding hydrogens is 444 g/mol. The second-order valence-electron chi connectivity index (χ2n) is 7.63. The predicted octanol–water partition coefficient (Wildman–Crippen LogP) is 2.82. The van der Waals surface area contributed by atoms with E-state index in [2.05, 4.69) is 27.1 Å². The minimum Gasteiger partial charge on any atom is -0.340 e. The molecule has 32 heavy (non-hydrogen) atoms. The van der Waals surface area contributed by atoms with Gasteiger partial charge in [0.15, 0.2) is 0 Å². The van der Waals surface area contributed by atoms with E-state index in [1.165, 1.54) is 12.1 Å². The molecule has 2 heterocycles. The van der Waals surface area contributed by atoms with Gasteiger partial charge in [0.05, 0.1) is 10.6 Å². The molecule has 0 saturated carbocycles. The molecule has 7 nitrogen and oxygen atoms in total. The average Bonchev–Trinajstić information content (AvgIpc) is 3.29. The smallest absolute Gasteiger partial charge is 0.240 e. The van der Waals surface area contributed by atoms with E-state index in [0.29, 0.717) is 13.1 Å². The second kappa shape index (κ2) is 10.4. The standard InChI is InChI=1S/C23H26N4O3S2/c28-22(11-12-24-32(29,30)21-9-5-2-6-10-21)27-15-13-26(14-16-27)17-20-18-31-23(25-20)19-7-3-1-4-8-19/h1-10,18,24H,11-17H2. The van der Waals surface area contributed by atoms with Crippen LogP contribution < -0.4 is 4.72 Å². The van der Waals surface area contributed by atoms with Crippen molar-refractivity contribution in [1.29, 1.82) is 0 Å². The fourth-order valence-corrected chi connectivity index (χ4v) is 5.48. The Labute approximate surface area is 192 Å². The number of carbonyl (C=O) groups excluding carboxylic acids is 1. The lowest BCUT2D eigenvalue weighted by molar-refractivity contribution is -0.132. The van der Waals surface area contributed by atoms with Crippen LogP contribution in [-0.4, -0.2) is 61.8 Å². The first-order valence-corrected chi connectivity index (χ1v) is 12.9. The molecule has 4 rings (SSSR count). The molecular formula is C23H26N4O3S2. The van der Waals surface area contributed by atoms with Gasteiger partial charge in [0.25, 0.3) is 0 Å². The number of benzene rings is 2. The number of amides is 1. The lowest BCUT2D eigenvalue weighted by Gasteiger charge is -2.34. The Bertz CT molecular complexity index is 1130. The summed E-state index contributed by atoms with van der Waals surface area (Å²) in [5.74, 6) is -0.0274. The van der Waals surface area contributed by atoms with Gasteiger partial charge in [-0.25, -0.2) is 18.1 Å². The molecule has 0 radical (unpaired) electrons. The Hall–Kier alpha value is -2.59. The summed E-state index contributed by atoms with van der Waals surface area (Å²) in [6.45, 7) is 3.69. The monoisotopic (exact) mass is 470 g/mol. The first-order valence-electron chi connectivity index (χ1n) is 10.6. The number of sulfonamides is 1. The largest absolute Gasteiger partial charge is 0.340 e. The SMILES string of the molecule is O=C(CCNS(=O)(=O)c1ccccc1)N1CCN(Cc2csc(-c3ccccc3)n2)CC1. The molecule has 1 fully saturated rings. The highest BCUT2D eigenvalue weighted by atomic mass is 32.2. The number of hydrogen-bond donors (Lipinski definition) is 1. The van der Waals surface area contributed by atoms with Gasteiger partial charge in [0.1, 0.15) is 5.01 Å². The molecule has 0 aliphatic carbocycles. The zero-order valence-corrected chi connectivity index (χ0v) is 19.3. The Kier molecular flexibility index (Phi) is 7.31. The molecule has 1 aliphatic rings. The van der Waals surface area contributed by atoms with Crippen LogP contribution in [0.4, 0.5) is 0 Å². The van der Waals surface area contributed by atoms with Crippen molar-refractivity contribution in [3.8, 4) is 10.6 Å². The maximum Gasteiger partial charge on any atom is 0.240 e. The van der Waals surface area contributed by atoms with Gasteiger partial charge in [-0.05, 0) is 12.1 Å². The number of thiazole rings is 1. The van der Waals surface area contributed by atoms with Gasteiger partial charge in [0, 0.05) is 56.6 Å². The van der Waals surface area contributed by atoms with Gasteiger partial charge >= 0.3 is 0 Å². The quantitative estimate of drug-likeness (QED) is 0.547. The van der Waals surface area contributed by atoms with Crippen LogP contribution in [-0.2, 0) is 21.4 Å². The Morgan fingerprint density at radius 3 is 2.31 bits per heavy atom. The Morgan fingerprint density at radius 2 is 1.62 bits per heavy atom. The van der Waals surface area contributed by atoms with Crippen molar-refractivity contribution < 1.29 is 13.2 Å². The van der Waals surface area contributed by atoms with Gasteiger partial charge in [-0.2, -0.15) is 0 Å². The van der Waals surface area contributed by atoms with Crippen molar-refractivity contribution in [1.82, 2.24) is 19.5 Å². The Morgan fingerprint density at radius 1 is 0.969 bits per heavy atom. The number of rotatable bonds is 8. The highest BCUT2D eigenvalue weighted by Gasteiger charge is 2.22. The van der Waals surface area contributed by atoms with Crippen molar-refractivity contribution >= 4 is 27.3 Å². The summed E-state index contributed by atoms with van der Waals surface area (Å²) >= 11 is 1.65. The summed E-state index contributed by atoms with van der Waals surface area (Å²) in [6.07, 6.45) is 0.151. The summed E-state index contributed by atoms with van der Waals surface area (Å²) in [4.78, 5) is 21.6. The van der Waals surface area contributed by atoms with Crippen LogP contribution >= 0.6 is 11.3 Å². The molecule has 1 aromatic heterocycles. The summed E-state index contributed by atoms with van der Waals surface area (Å²) in [5.41, 5.74) is 2.17. The molecule has 3 aromatic rings. The van der Waals surface area contributed by atoms with Gasteiger partial charge in [-0.1, -0.05) is 48.5 Å². The highest BCUT2D eigenvalue weighted by Crippen LogP contribution is 2.24. The zero-order chi connectivity index (χ0) is 22.4. The van der Waals surface area contributed by atoms with E-state index in [1.54, 1.807) is 29.5 Å². The summed E-state index contributed by atoms with van der Waals surface area (Å²) in [6, 6.07) is 18.3. The lowest BCUT2D eigenvalue weighted by Crippen LogP contribution is -2.48. The maximum atomic E-state index is 12.5. The minimum atomic E-state index is -3.58. The second-order valence-corrected chi connectivity index (χ2v) is 10.3. The normalized spacial score (nSPS) is 15.1. The van der Waals surface area contributed by atoms with Gasteiger partial charge in [0.2, 0.25) is 15.9 Å². The third-order valence-corrected chi connectivity index (χ3v) is 7.78. The predicted molar refractivity (Wildman–Crippen MR) is 126 cm³/mol. The van der Waals surface area contributed by atoms with Crippen molar-refractivity contribution in [2.75, 3.05) is 32.7 Å². The van der Waals surface area contributed by atoms with Gasteiger partial charge in [-0.3, -0.25) is 9.69 Å². The highest BCUT2D eigenvalue weighted by molar-refractivity contribution is 7.89. The molecule has 1 amide bonds. The maximum absolute atomic E-state index is 12.5. The molecule has 1 N–H and O–H groups in total. The Balaban J connectivity index is 1.21. The summed E-state index contributed by atoms with van der Waals surface area (Å²) in [7, 11) is -3.58. The molecule has 0 spiro atoms. The number of piperazine rings is 1. The van der Waals surface area contributed by atoms with Crippen LogP contribution in [0.25, 0.3) is 10.6 Å². The van der Waals surface area contributed by atoms with Crippen molar-refractivity contribution in [3.05, 3.63) is 71.7 Å². The summed E-state index contributed by atoms with van der Waals surface area (Å²) < 4.78 is 27.0. The van der Waals surface area contributed by atoms with E-state index in [0.717, 1.165) is 35.9 Å². The fraction of sp³-hybridized carbons (Fsp3) is 0.304. The molecule has 0 unspecified atom stereocenters. The zero-order valence-electron chi connectivity index (χ0n) is 17.7. The van der Waals surface area contributed by atoms with E-state index < -0.39 is 10.0 Å². The molecule has 1 saturated heterocycles. The fourth-order valence-electron chi connectivity index (χ4n) is 3.61. The van der Waals surface area contributed by atoms with Crippen molar-refractivity contribution in [2.24, 2.45) is 0 Å². The van der Waals surface area contributed by atoms with Crippen LogP contribution in [0.15, 0.2) is 70.9 Å². The average molecular weight is 471 g/mol. The van der Waals surface area contributed by atoms with Crippen LogP contribution in [0, 0.1) is 0 Å². The van der Waals surface area contributed by atoms with E-state index in [-0.39, 0.29) is 23.8 Å². The number of nitrogens with zero attached hydrogens (tertiary/aromatic N) is 3. The van der Waals surface area contributed by atoms with Crippen LogP contribution in [0.1, 0.15) is 12.1 Å². The number of aromatic nitrogens is 1. The van der Waals surface area contributed by atoms with Crippen LogP contribution in [0.2, 0.25) is 0 Å². The molecule has 9 heteroatoms. The van der Waals surface area contributed by atoms with Crippen LogP contribution in [0.3, 0.4) is 0 Å². The lowest BCUT2D eigenvalue weighted by atomic mass is 10.2. The van der Waals surface area contributed by atoms with E-state index in [1.807, 2.05) is 23.1 Å². The molecule has 2 aromatic carbocycles. The molecule has 0 atom stereocenters. The third-order valence-electron chi connectivity index (χ3n) is 5.37. The minimum absolute atomic E-state index is 0.0274. The van der Waals surface area contributed by atoms with Crippen LogP contribution in [0.5, 0.6) is 0 Å². The first-order chi connectivity index (χ1) is 15.5. The number of hydrogen-bond acceptors (Lipinski definition) is 6. The number of nitrogens with one attached hydrogen (secondary N) is 1. The molecule has 0 bridgehead atoms. The van der Waals surface area contributed by atoms with Gasteiger partial charge < -0.3 is 4.90 Å². The summed E-state index contributed by atoms with van der Waals surface area (Å²) in [5, 5.41) is 3.12. The molecule has 1 aliphatic heterocycles. The van der Waals surface area contributed by atoms with E-state index in [4.69, 9.17) is 4.98 Å². The van der Waals surface area contributed by atoms with E-state index in [9.17, 15) is 13.2 Å². The topological polar surface area (TPSA) is 82.6 Å².